The van der Waals surface area contributed by atoms with Gasteiger partial charge in [-0.05, 0) is 0 Å². The first-order valence-electron chi connectivity index (χ1n) is 7.12. The van der Waals surface area contributed by atoms with Gasteiger partial charge in [-0.1, -0.05) is 0 Å². The molecular formula is C12H11F13O4S. The third kappa shape index (κ3) is 4.68. The van der Waals surface area contributed by atoms with Gasteiger partial charge in [0.15, 0.2) is 0 Å². The average Bonchev–Trinajstić information content (AvgIpc) is 2.56. The van der Waals surface area contributed by atoms with Crippen molar-refractivity contribution in [3.8, 4) is 0 Å². The molecule has 0 aliphatic heterocycles. The van der Waals surface area contributed by atoms with Crippen LogP contribution in [0, 0.1) is 0 Å². The lowest BCUT2D eigenvalue weighted by molar-refractivity contribution is -0.444. The summed E-state index contributed by atoms with van der Waals surface area (Å²) in [6.07, 6.45) is -12.6. The van der Waals surface area contributed by atoms with E-state index in [4.69, 9.17) is 10.2 Å². The Morgan fingerprint density at radius 1 is 0.767 bits per heavy atom. The molecule has 0 saturated heterocycles. The summed E-state index contributed by atoms with van der Waals surface area (Å²) in [5.74, 6) is -40.9. The van der Waals surface area contributed by atoms with Crippen LogP contribution in [0.4, 0.5) is 57.1 Å². The number of hydrogen-bond acceptors (Lipinski definition) is 4. The summed E-state index contributed by atoms with van der Waals surface area (Å²) in [7, 11) is 0. The van der Waals surface area contributed by atoms with Crippen LogP contribution in [-0.2, 0) is 4.79 Å². The Balaban J connectivity index is 6.12. The molecule has 18 heteroatoms. The van der Waals surface area contributed by atoms with Crippen LogP contribution in [0.2, 0.25) is 0 Å². The number of carboxylic acids is 1. The summed E-state index contributed by atoms with van der Waals surface area (Å²) in [5, 5.41) is 23.6. The van der Waals surface area contributed by atoms with Crippen LogP contribution < -0.4 is 0 Å². The molecule has 0 aliphatic carbocycles. The van der Waals surface area contributed by atoms with Crippen molar-refractivity contribution in [1.29, 1.82) is 0 Å². The van der Waals surface area contributed by atoms with Crippen molar-refractivity contribution < 1.29 is 77.2 Å². The van der Waals surface area contributed by atoms with Gasteiger partial charge in [0.05, 0.1) is 18.3 Å². The number of thioether (sulfide) groups is 1. The average molecular weight is 498 g/mol. The Hall–Kier alpha value is -1.17. The Morgan fingerprint density at radius 2 is 1.17 bits per heavy atom. The van der Waals surface area contributed by atoms with Crippen LogP contribution in [0.3, 0.4) is 0 Å². The molecule has 0 amide bonds. The molecule has 0 saturated carbocycles. The first-order chi connectivity index (χ1) is 13.0. The summed E-state index contributed by atoms with van der Waals surface area (Å²) in [4.78, 5) is 10.3. The summed E-state index contributed by atoms with van der Waals surface area (Å²) in [6, 6.07) is 0. The maximum Gasteiger partial charge on any atom is 0.460 e. The number of aliphatic carboxylic acids is 1. The second-order valence-electron chi connectivity index (χ2n) is 5.60. The Kier molecular flexibility index (Phi) is 8.42. The molecule has 0 aliphatic rings. The third-order valence-corrected chi connectivity index (χ3v) is 4.78. The van der Waals surface area contributed by atoms with E-state index < -0.39 is 71.9 Å². The molecule has 2 unspecified atom stereocenters. The van der Waals surface area contributed by atoms with E-state index in [-0.39, 0.29) is 11.8 Å². The Labute approximate surface area is 162 Å². The van der Waals surface area contributed by atoms with Crippen molar-refractivity contribution >= 4 is 17.7 Å². The van der Waals surface area contributed by atoms with Crippen LogP contribution in [0.25, 0.3) is 0 Å². The van der Waals surface area contributed by atoms with Crippen molar-refractivity contribution in [3.05, 3.63) is 0 Å². The molecule has 4 nitrogen and oxygen atoms in total. The zero-order valence-electron chi connectivity index (χ0n) is 13.8. The van der Waals surface area contributed by atoms with Gasteiger partial charge in [-0.15, -0.1) is 0 Å². The van der Waals surface area contributed by atoms with Crippen LogP contribution in [0.1, 0.15) is 6.42 Å². The first-order valence-corrected chi connectivity index (χ1v) is 8.17. The fourth-order valence-electron chi connectivity index (χ4n) is 1.74. The van der Waals surface area contributed by atoms with Gasteiger partial charge in [-0.25, -0.2) is 0 Å². The third-order valence-electron chi connectivity index (χ3n) is 3.51. The number of alkyl halides is 13. The molecule has 3 N–H and O–H groups in total. The van der Waals surface area contributed by atoms with Gasteiger partial charge in [0.25, 0.3) is 0 Å². The molecule has 2 atom stereocenters. The van der Waals surface area contributed by atoms with E-state index in [1.165, 1.54) is 0 Å². The van der Waals surface area contributed by atoms with Crippen molar-refractivity contribution in [2.45, 2.75) is 53.6 Å². The van der Waals surface area contributed by atoms with E-state index in [0.29, 0.717) is 0 Å². The minimum atomic E-state index is -8.10. The summed E-state index contributed by atoms with van der Waals surface area (Å²) < 4.78 is 169. The topological polar surface area (TPSA) is 77.8 Å². The summed E-state index contributed by atoms with van der Waals surface area (Å²) >= 11 is -0.226. The van der Waals surface area contributed by atoms with E-state index >= 15 is 0 Å². The second kappa shape index (κ2) is 8.76. The van der Waals surface area contributed by atoms with Crippen LogP contribution in [0.15, 0.2) is 0 Å². The molecule has 0 rings (SSSR count). The van der Waals surface area contributed by atoms with Gasteiger partial charge < -0.3 is 15.3 Å². The fraction of sp³-hybridized carbons (Fsp3) is 0.917. The maximum absolute atomic E-state index is 13.7. The normalized spacial score (nSPS) is 17.0. The smallest absolute Gasteiger partial charge is 0.460 e. The number of carboxylic acid groups (broad SMARTS) is 1. The number of carbonyl (C=O) groups is 1. The molecule has 30 heavy (non-hydrogen) atoms. The van der Waals surface area contributed by atoms with Gasteiger partial charge in [-0.2, -0.15) is 68.8 Å². The minimum Gasteiger partial charge on any atom is -0.481 e. The lowest BCUT2D eigenvalue weighted by Gasteiger charge is -2.41. The maximum atomic E-state index is 13.7. The zero-order valence-corrected chi connectivity index (χ0v) is 14.7. The van der Waals surface area contributed by atoms with Crippen molar-refractivity contribution in [2.75, 3.05) is 12.4 Å². The first kappa shape index (κ1) is 28.8. The van der Waals surface area contributed by atoms with Gasteiger partial charge in [0.2, 0.25) is 0 Å². The molecule has 0 fully saturated rings. The van der Waals surface area contributed by atoms with Crippen molar-refractivity contribution in [3.63, 3.8) is 0 Å². The molecule has 0 spiro atoms. The predicted molar refractivity (Wildman–Crippen MR) is 72.4 cm³/mol. The molecule has 0 aromatic heterocycles. The molecule has 0 heterocycles. The quantitative estimate of drug-likeness (QED) is 0.380. The Bertz CT molecular complexity index is 607. The number of aliphatic hydroxyl groups excluding tert-OH is 2. The van der Waals surface area contributed by atoms with Gasteiger partial charge in [0, 0.05) is 5.75 Å². The van der Waals surface area contributed by atoms with E-state index in [1.807, 2.05) is 0 Å². The highest BCUT2D eigenvalue weighted by Gasteiger charge is 2.91. The van der Waals surface area contributed by atoms with Gasteiger partial charge >= 0.3 is 41.8 Å². The monoisotopic (exact) mass is 498 g/mol. The highest BCUT2D eigenvalue weighted by molar-refractivity contribution is 8.00. The number of halogens is 13. The molecule has 0 aromatic carbocycles. The highest BCUT2D eigenvalue weighted by Crippen LogP contribution is 2.61. The lowest BCUT2D eigenvalue weighted by Crippen LogP contribution is -2.72. The van der Waals surface area contributed by atoms with Crippen LogP contribution >= 0.6 is 11.8 Å². The minimum absolute atomic E-state index is 0.226. The van der Waals surface area contributed by atoms with Crippen molar-refractivity contribution in [1.82, 2.24) is 0 Å². The Morgan fingerprint density at radius 3 is 1.50 bits per heavy atom. The second-order valence-corrected chi connectivity index (χ2v) is 6.95. The number of rotatable bonds is 11. The van der Waals surface area contributed by atoms with E-state index in [2.05, 4.69) is 0 Å². The zero-order chi connectivity index (χ0) is 24.6. The van der Waals surface area contributed by atoms with E-state index in [0.717, 1.165) is 0 Å². The lowest BCUT2D eigenvalue weighted by atomic mass is 9.90. The standard InChI is InChI=1S/C12H11F13O4S/c13-7(14,6(29)4(3-26)30-2-1-5(27)28)8(15,16)9(17,18)10(19,20)11(21,22)12(23,24)25/h4,6,26,29H,1-3H2,(H,27,28). The molecule has 180 valence electrons. The van der Waals surface area contributed by atoms with Gasteiger partial charge in [-0.3, -0.25) is 4.79 Å². The van der Waals surface area contributed by atoms with E-state index in [1.54, 1.807) is 0 Å². The predicted octanol–water partition coefficient (Wildman–Crippen LogP) is 3.65. The largest absolute Gasteiger partial charge is 0.481 e. The van der Waals surface area contributed by atoms with Crippen molar-refractivity contribution in [2.24, 2.45) is 0 Å². The van der Waals surface area contributed by atoms with Crippen LogP contribution in [-0.4, -0.2) is 80.8 Å². The summed E-state index contributed by atoms with van der Waals surface area (Å²) in [5.41, 5.74) is 0. The molecule has 0 radical (unpaired) electrons. The van der Waals surface area contributed by atoms with Gasteiger partial charge in [0.1, 0.15) is 6.10 Å². The number of aliphatic hydroxyl groups is 2. The molecular weight excluding hydrogens is 487 g/mol. The highest BCUT2D eigenvalue weighted by atomic mass is 32.2. The SMILES string of the molecule is O=C(O)CCSC(CO)C(O)C(F)(F)C(F)(F)C(F)(F)C(F)(F)C(F)(F)C(F)(F)F. The molecule has 0 bridgehead atoms. The summed E-state index contributed by atoms with van der Waals surface area (Å²) in [6.45, 7) is -1.75. The fourth-order valence-corrected chi connectivity index (χ4v) is 2.80. The molecule has 0 aromatic rings. The van der Waals surface area contributed by atoms with Crippen LogP contribution in [0.5, 0.6) is 0 Å². The van der Waals surface area contributed by atoms with E-state index in [9.17, 15) is 67.0 Å². The number of hydrogen-bond donors (Lipinski definition) is 3.